The lowest BCUT2D eigenvalue weighted by atomic mass is 9.95. The Morgan fingerprint density at radius 2 is 1.79 bits per heavy atom. The van der Waals surface area contributed by atoms with Gasteiger partial charge in [0.05, 0.1) is 19.8 Å². The number of hydrogen-bond donors (Lipinski definition) is 3. The van der Waals surface area contributed by atoms with E-state index in [0.29, 0.717) is 0 Å². The second-order valence-electron chi connectivity index (χ2n) is 7.28. The monoisotopic (exact) mass is 359 g/mol. The fourth-order valence-corrected chi connectivity index (χ4v) is 2.66. The van der Waals surface area contributed by atoms with E-state index in [1.165, 1.54) is 0 Å². The van der Waals surface area contributed by atoms with Crippen molar-refractivity contribution in [1.82, 2.24) is 0 Å². The molecule has 1 aromatic rings. The summed E-state index contributed by atoms with van der Waals surface area (Å²) in [4.78, 5) is 0. The Labute approximate surface area is 150 Å². The molecule has 0 aliphatic carbocycles. The fourth-order valence-electron chi connectivity index (χ4n) is 2.66. The van der Waals surface area contributed by atoms with Crippen LogP contribution in [0.15, 0.2) is 24.3 Å². The minimum atomic E-state index is -0.543. The topological polar surface area (TPSA) is 75.5 Å². The quantitative estimate of drug-likeness (QED) is 0.521. The van der Waals surface area contributed by atoms with Crippen molar-refractivity contribution in [3.63, 3.8) is 0 Å². The lowest BCUT2D eigenvalue weighted by molar-refractivity contribution is -0.694. The van der Waals surface area contributed by atoms with Gasteiger partial charge in [0.15, 0.2) is 6.29 Å². The first kappa shape index (κ1) is 21.2. The van der Waals surface area contributed by atoms with Crippen LogP contribution < -0.4 is 17.7 Å². The molecule has 1 aromatic carbocycles. The molecule has 2 unspecified atom stereocenters. The summed E-state index contributed by atoms with van der Waals surface area (Å²) in [6, 6.07) is 6.78. The van der Waals surface area contributed by atoms with Gasteiger partial charge in [0.2, 0.25) is 0 Å². The molecule has 1 aliphatic heterocycles. The Morgan fingerprint density at radius 3 is 2.38 bits per heavy atom. The Bertz CT molecular complexity index is 470. The second kappa shape index (κ2) is 9.59. The van der Waals surface area contributed by atoms with Gasteiger partial charge >= 0.3 is 0 Å². The molecule has 2 rings (SSSR count). The highest BCUT2D eigenvalue weighted by Crippen LogP contribution is 2.24. The summed E-state index contributed by atoms with van der Waals surface area (Å²) >= 11 is 0. The molecule has 1 fully saturated rings. The van der Waals surface area contributed by atoms with E-state index in [2.05, 4.69) is 19.2 Å². The summed E-state index contributed by atoms with van der Waals surface area (Å²) in [5, 5.41) is 21.8. The van der Waals surface area contributed by atoms with Crippen LogP contribution in [0.3, 0.4) is 0 Å². The third-order valence-electron chi connectivity index (χ3n) is 4.23. The van der Waals surface area contributed by atoms with Crippen LogP contribution in [0.25, 0.3) is 0 Å². The summed E-state index contributed by atoms with van der Waals surface area (Å²) in [5.74, 6) is 0.216. The number of phenols is 1. The Hall–Kier alpha value is -0.850. The third-order valence-corrected chi connectivity index (χ3v) is 4.23. The van der Waals surface area contributed by atoms with E-state index in [0.717, 1.165) is 38.2 Å². The zero-order valence-electron chi connectivity index (χ0n) is 14.7. The van der Waals surface area contributed by atoms with Crippen molar-refractivity contribution < 1.29 is 37.4 Å². The number of hydrogen-bond acceptors (Lipinski definition) is 4. The summed E-state index contributed by atoms with van der Waals surface area (Å²) < 4.78 is 11.4. The summed E-state index contributed by atoms with van der Waals surface area (Å²) in [6.07, 6.45) is 1.24. The van der Waals surface area contributed by atoms with Gasteiger partial charge in [0.1, 0.15) is 17.9 Å². The van der Waals surface area contributed by atoms with Crippen LogP contribution in [-0.2, 0) is 9.47 Å². The van der Waals surface area contributed by atoms with Crippen molar-refractivity contribution in [2.45, 2.75) is 52.0 Å². The first-order valence-electron chi connectivity index (χ1n) is 8.41. The van der Waals surface area contributed by atoms with Crippen LogP contribution in [0.2, 0.25) is 0 Å². The van der Waals surface area contributed by atoms with Crippen molar-refractivity contribution in [2.75, 3.05) is 19.8 Å². The van der Waals surface area contributed by atoms with Crippen LogP contribution in [0.5, 0.6) is 5.75 Å². The smallest absolute Gasteiger partial charge is 0.157 e. The molecule has 5 nitrogen and oxygen atoms in total. The molecule has 0 radical (unpaired) electrons. The van der Waals surface area contributed by atoms with Crippen LogP contribution in [0.4, 0.5) is 0 Å². The number of aromatic hydroxyl groups is 1. The molecule has 0 spiro atoms. The van der Waals surface area contributed by atoms with Gasteiger partial charge < -0.3 is 37.4 Å². The molecule has 6 heteroatoms. The number of ether oxygens (including phenoxy) is 2. The van der Waals surface area contributed by atoms with Gasteiger partial charge in [-0.15, -0.1) is 0 Å². The first-order valence-corrected chi connectivity index (χ1v) is 8.41. The van der Waals surface area contributed by atoms with Gasteiger partial charge in [-0.25, -0.2) is 0 Å². The van der Waals surface area contributed by atoms with Crippen LogP contribution in [0, 0.1) is 5.41 Å². The number of phenolic OH excluding ortho intramolecular Hbond substituents is 1. The highest BCUT2D eigenvalue weighted by molar-refractivity contribution is 5.27. The number of aliphatic hydroxyl groups is 1. The molecule has 0 saturated carbocycles. The number of halogens is 1. The summed E-state index contributed by atoms with van der Waals surface area (Å²) in [5.41, 5.74) is 0.943. The van der Waals surface area contributed by atoms with Gasteiger partial charge in [-0.3, -0.25) is 0 Å². The van der Waals surface area contributed by atoms with Crippen molar-refractivity contribution in [2.24, 2.45) is 5.41 Å². The zero-order valence-corrected chi connectivity index (χ0v) is 15.5. The molecular weight excluding hydrogens is 330 g/mol. The van der Waals surface area contributed by atoms with E-state index in [1.807, 2.05) is 6.92 Å². The Morgan fingerprint density at radius 1 is 1.21 bits per heavy atom. The predicted octanol–water partition coefficient (Wildman–Crippen LogP) is -1.44. The van der Waals surface area contributed by atoms with Crippen LogP contribution >= 0.6 is 0 Å². The summed E-state index contributed by atoms with van der Waals surface area (Å²) in [7, 11) is 0. The number of quaternary nitrogens is 1. The van der Waals surface area contributed by atoms with Gasteiger partial charge in [-0.2, -0.15) is 0 Å². The van der Waals surface area contributed by atoms with E-state index in [4.69, 9.17) is 9.47 Å². The maximum atomic E-state index is 10.3. The van der Waals surface area contributed by atoms with Crippen molar-refractivity contribution >= 4 is 0 Å². The normalized spacial score (nSPS) is 20.2. The standard InChI is InChI=1S/C18H29NO4.ClH/c1-13(17(21)14-6-8-15(20)9-7-14)19-10-4-5-16-22-11-18(2,3)12-23-16;/h6-9,13,16-17,19-21H,4-5,10-12H2,1-3H3;1H. The Balaban J connectivity index is 0.00000288. The average Bonchev–Trinajstić information content (AvgIpc) is 2.52. The van der Waals surface area contributed by atoms with Crippen molar-refractivity contribution in [1.29, 1.82) is 0 Å². The van der Waals surface area contributed by atoms with Gasteiger partial charge in [-0.05, 0) is 24.6 Å². The molecule has 2 atom stereocenters. The minimum absolute atomic E-state index is 0. The van der Waals surface area contributed by atoms with E-state index >= 15 is 0 Å². The number of aliphatic hydroxyl groups excluding tert-OH is 1. The Kier molecular flexibility index (Phi) is 8.46. The molecule has 0 amide bonds. The van der Waals surface area contributed by atoms with E-state index in [-0.39, 0.29) is 35.9 Å². The van der Waals surface area contributed by atoms with E-state index in [9.17, 15) is 10.2 Å². The van der Waals surface area contributed by atoms with E-state index in [1.54, 1.807) is 24.3 Å². The molecule has 1 saturated heterocycles. The molecule has 0 aromatic heterocycles. The number of nitrogens with two attached hydrogens (primary N) is 1. The summed E-state index contributed by atoms with van der Waals surface area (Å²) in [6.45, 7) is 8.71. The number of benzene rings is 1. The average molecular weight is 360 g/mol. The molecule has 1 aliphatic rings. The zero-order chi connectivity index (χ0) is 16.9. The van der Waals surface area contributed by atoms with Gasteiger partial charge in [0, 0.05) is 18.3 Å². The SMILES string of the molecule is CC([NH2+]CCCC1OCC(C)(C)CO1)C(O)c1ccc(O)cc1.[Cl-]. The third kappa shape index (κ3) is 6.57. The first-order chi connectivity index (χ1) is 10.9. The highest BCUT2D eigenvalue weighted by Gasteiger charge is 2.28. The lowest BCUT2D eigenvalue weighted by Crippen LogP contribution is -3.00. The molecular formula is C18H30ClNO4. The molecule has 24 heavy (non-hydrogen) atoms. The molecule has 4 N–H and O–H groups in total. The molecule has 138 valence electrons. The van der Waals surface area contributed by atoms with Gasteiger partial charge in [0.25, 0.3) is 0 Å². The fraction of sp³-hybridized carbons (Fsp3) is 0.667. The van der Waals surface area contributed by atoms with Crippen molar-refractivity contribution in [3.8, 4) is 5.75 Å². The highest BCUT2D eigenvalue weighted by atomic mass is 35.5. The second-order valence-corrected chi connectivity index (χ2v) is 7.28. The number of rotatable bonds is 7. The van der Waals surface area contributed by atoms with Crippen LogP contribution in [-0.4, -0.2) is 42.3 Å². The lowest BCUT2D eigenvalue weighted by Gasteiger charge is -2.34. The maximum Gasteiger partial charge on any atom is 0.157 e. The van der Waals surface area contributed by atoms with Gasteiger partial charge in [-0.1, -0.05) is 26.0 Å². The predicted molar refractivity (Wildman–Crippen MR) is 88.0 cm³/mol. The molecule has 1 heterocycles. The largest absolute Gasteiger partial charge is 1.00 e. The van der Waals surface area contributed by atoms with Crippen molar-refractivity contribution in [3.05, 3.63) is 29.8 Å². The molecule has 0 bridgehead atoms. The maximum absolute atomic E-state index is 10.3. The minimum Gasteiger partial charge on any atom is -1.00 e. The van der Waals surface area contributed by atoms with Crippen LogP contribution in [0.1, 0.15) is 45.3 Å². The van der Waals surface area contributed by atoms with E-state index < -0.39 is 6.10 Å².